The van der Waals surface area contributed by atoms with Gasteiger partial charge in [-0.1, -0.05) is 24.6 Å². The third kappa shape index (κ3) is 2.21. The van der Waals surface area contributed by atoms with Gasteiger partial charge in [0.1, 0.15) is 5.76 Å². The molecule has 3 atom stereocenters. The second-order valence-corrected chi connectivity index (χ2v) is 7.03. The number of allylic oxidation sites excluding steroid dienone is 2. The Morgan fingerprint density at radius 1 is 1.05 bits per heavy atom. The van der Waals surface area contributed by atoms with Crippen LogP contribution in [0.15, 0.2) is 17.9 Å². The Hall–Kier alpha value is -1.57. The van der Waals surface area contributed by atoms with Gasteiger partial charge in [-0.15, -0.1) is 0 Å². The van der Waals surface area contributed by atoms with Crippen LogP contribution in [0, 0.1) is 38.5 Å². The van der Waals surface area contributed by atoms with Crippen molar-refractivity contribution in [2.75, 3.05) is 0 Å². The Morgan fingerprint density at radius 2 is 1.67 bits per heavy atom. The molecule has 0 aliphatic heterocycles. The lowest BCUT2D eigenvalue weighted by molar-refractivity contribution is -0.118. The monoisotopic (exact) mass is 284 g/mol. The van der Waals surface area contributed by atoms with Crippen LogP contribution in [0.2, 0.25) is 0 Å². The Balaban J connectivity index is 2.10. The minimum Gasteiger partial charge on any atom is -0.511 e. The first-order valence-corrected chi connectivity index (χ1v) is 7.95. The van der Waals surface area contributed by atoms with Gasteiger partial charge in [0.25, 0.3) is 0 Å². The first kappa shape index (κ1) is 14.4. The molecule has 0 aromatic heterocycles. The SMILES string of the molecule is Cc1cc(C)c(C2=C(O)C3CCC(C)CC3C2=O)c(C)c1. The van der Waals surface area contributed by atoms with E-state index in [1.165, 1.54) is 5.56 Å². The van der Waals surface area contributed by atoms with E-state index in [4.69, 9.17) is 0 Å². The molecule has 112 valence electrons. The second kappa shape index (κ2) is 5.01. The molecule has 2 aliphatic rings. The van der Waals surface area contributed by atoms with E-state index in [0.717, 1.165) is 36.0 Å². The van der Waals surface area contributed by atoms with Crippen molar-refractivity contribution in [1.82, 2.24) is 0 Å². The smallest absolute Gasteiger partial charge is 0.170 e. The number of fused-ring (bicyclic) bond motifs is 1. The van der Waals surface area contributed by atoms with E-state index in [0.29, 0.717) is 17.3 Å². The highest BCUT2D eigenvalue weighted by atomic mass is 16.3. The van der Waals surface area contributed by atoms with Gasteiger partial charge >= 0.3 is 0 Å². The van der Waals surface area contributed by atoms with Crippen molar-refractivity contribution in [2.24, 2.45) is 17.8 Å². The van der Waals surface area contributed by atoms with Gasteiger partial charge in [0.05, 0.1) is 5.57 Å². The molecule has 0 bridgehead atoms. The van der Waals surface area contributed by atoms with Crippen molar-refractivity contribution in [2.45, 2.75) is 47.0 Å². The van der Waals surface area contributed by atoms with Crippen LogP contribution in [0.4, 0.5) is 0 Å². The fraction of sp³-hybridized carbons (Fsp3) is 0.526. The topological polar surface area (TPSA) is 37.3 Å². The highest BCUT2D eigenvalue weighted by Crippen LogP contribution is 2.48. The van der Waals surface area contributed by atoms with E-state index < -0.39 is 0 Å². The molecule has 3 unspecified atom stereocenters. The largest absolute Gasteiger partial charge is 0.511 e. The maximum Gasteiger partial charge on any atom is 0.170 e. The van der Waals surface area contributed by atoms with Crippen molar-refractivity contribution in [3.05, 3.63) is 40.1 Å². The first-order chi connectivity index (χ1) is 9.90. The van der Waals surface area contributed by atoms with E-state index in [1.807, 2.05) is 13.8 Å². The summed E-state index contributed by atoms with van der Waals surface area (Å²) in [5, 5.41) is 10.7. The molecule has 2 nitrogen and oxygen atoms in total. The summed E-state index contributed by atoms with van der Waals surface area (Å²) in [5.74, 6) is 1.17. The standard InChI is InChI=1S/C19H24O2/c1-10-5-6-14-15(9-10)19(21)17(18(14)20)16-12(3)7-11(2)8-13(16)4/h7-8,10,14-15,20H,5-6,9H2,1-4H3. The number of rotatable bonds is 1. The van der Waals surface area contributed by atoms with Gasteiger partial charge < -0.3 is 5.11 Å². The van der Waals surface area contributed by atoms with Crippen LogP contribution in [-0.2, 0) is 4.79 Å². The van der Waals surface area contributed by atoms with Crippen LogP contribution in [0.25, 0.3) is 5.57 Å². The zero-order chi connectivity index (χ0) is 15.3. The number of benzene rings is 1. The molecule has 1 fully saturated rings. The summed E-state index contributed by atoms with van der Waals surface area (Å²) < 4.78 is 0. The summed E-state index contributed by atoms with van der Waals surface area (Å²) in [6.07, 6.45) is 2.97. The Labute approximate surface area is 126 Å². The number of hydrogen-bond acceptors (Lipinski definition) is 2. The Morgan fingerprint density at radius 3 is 2.29 bits per heavy atom. The van der Waals surface area contributed by atoms with E-state index in [-0.39, 0.29) is 17.6 Å². The zero-order valence-corrected chi connectivity index (χ0v) is 13.4. The number of hydrogen-bond donors (Lipinski definition) is 1. The minimum absolute atomic E-state index is 0.00357. The number of Topliss-reactive ketones (excluding diaryl/α,β-unsaturated/α-hetero) is 1. The number of aliphatic hydroxyl groups is 1. The molecule has 1 N–H and O–H groups in total. The zero-order valence-electron chi connectivity index (χ0n) is 13.4. The third-order valence-electron chi connectivity index (χ3n) is 5.23. The van der Waals surface area contributed by atoms with Crippen molar-refractivity contribution >= 4 is 11.4 Å². The van der Waals surface area contributed by atoms with Gasteiger partial charge in [-0.2, -0.15) is 0 Å². The number of aliphatic hydroxyl groups excluding tert-OH is 1. The summed E-state index contributed by atoms with van der Waals surface area (Å²) in [7, 11) is 0. The summed E-state index contributed by atoms with van der Waals surface area (Å²) >= 11 is 0. The van der Waals surface area contributed by atoms with Crippen molar-refractivity contribution in [1.29, 1.82) is 0 Å². The Kier molecular flexibility index (Phi) is 3.43. The van der Waals surface area contributed by atoms with Gasteiger partial charge in [-0.05, 0) is 62.6 Å². The lowest BCUT2D eigenvalue weighted by Gasteiger charge is -2.28. The van der Waals surface area contributed by atoms with Gasteiger partial charge in [0.15, 0.2) is 5.78 Å². The molecule has 0 radical (unpaired) electrons. The first-order valence-electron chi connectivity index (χ1n) is 7.95. The molecule has 21 heavy (non-hydrogen) atoms. The van der Waals surface area contributed by atoms with Crippen molar-refractivity contribution in [3.63, 3.8) is 0 Å². The van der Waals surface area contributed by atoms with Gasteiger partial charge in [-0.3, -0.25) is 4.79 Å². The predicted octanol–water partition coefficient (Wildman–Crippen LogP) is 4.52. The summed E-state index contributed by atoms with van der Waals surface area (Å²) in [5.41, 5.74) is 4.95. The number of carbonyl (C=O) groups excluding carboxylic acids is 1. The normalized spacial score (nSPS) is 29.0. The summed E-state index contributed by atoms with van der Waals surface area (Å²) in [6, 6.07) is 4.20. The molecule has 1 aromatic carbocycles. The lowest BCUT2D eigenvalue weighted by Crippen LogP contribution is -2.25. The fourth-order valence-corrected chi connectivity index (χ4v) is 4.32. The molecule has 1 saturated carbocycles. The highest BCUT2D eigenvalue weighted by molar-refractivity contribution is 6.25. The van der Waals surface area contributed by atoms with Crippen LogP contribution in [0.3, 0.4) is 0 Å². The maximum atomic E-state index is 12.9. The van der Waals surface area contributed by atoms with Crippen LogP contribution >= 0.6 is 0 Å². The number of aryl methyl sites for hydroxylation is 3. The van der Waals surface area contributed by atoms with Crippen molar-refractivity contribution < 1.29 is 9.90 Å². The van der Waals surface area contributed by atoms with Gasteiger partial charge in [-0.25, -0.2) is 0 Å². The minimum atomic E-state index is 0.00357. The summed E-state index contributed by atoms with van der Waals surface area (Å²) in [6.45, 7) is 8.35. The lowest BCUT2D eigenvalue weighted by atomic mass is 9.75. The molecule has 0 heterocycles. The maximum absolute atomic E-state index is 12.9. The molecule has 0 spiro atoms. The number of ketones is 1. The number of carbonyl (C=O) groups is 1. The van der Waals surface area contributed by atoms with Crippen LogP contribution in [0.5, 0.6) is 0 Å². The van der Waals surface area contributed by atoms with E-state index in [1.54, 1.807) is 0 Å². The van der Waals surface area contributed by atoms with Gasteiger partial charge in [0, 0.05) is 11.8 Å². The molecular weight excluding hydrogens is 260 g/mol. The average molecular weight is 284 g/mol. The van der Waals surface area contributed by atoms with E-state index in [9.17, 15) is 9.90 Å². The van der Waals surface area contributed by atoms with Crippen LogP contribution in [0.1, 0.15) is 48.4 Å². The predicted molar refractivity (Wildman–Crippen MR) is 85.2 cm³/mol. The molecule has 0 saturated heterocycles. The highest BCUT2D eigenvalue weighted by Gasteiger charge is 2.45. The van der Waals surface area contributed by atoms with E-state index in [2.05, 4.69) is 26.0 Å². The molecule has 1 aromatic rings. The molecular formula is C19H24O2. The Bertz CT molecular complexity index is 616. The molecule has 2 heteroatoms. The van der Waals surface area contributed by atoms with E-state index >= 15 is 0 Å². The van der Waals surface area contributed by atoms with Crippen LogP contribution < -0.4 is 0 Å². The van der Waals surface area contributed by atoms with Crippen LogP contribution in [-0.4, -0.2) is 10.9 Å². The molecule has 2 aliphatic carbocycles. The average Bonchev–Trinajstić information content (AvgIpc) is 2.62. The molecule has 0 amide bonds. The third-order valence-corrected chi connectivity index (χ3v) is 5.23. The fourth-order valence-electron chi connectivity index (χ4n) is 4.32. The second-order valence-electron chi connectivity index (χ2n) is 7.03. The van der Waals surface area contributed by atoms with Crippen molar-refractivity contribution in [3.8, 4) is 0 Å². The van der Waals surface area contributed by atoms with Gasteiger partial charge in [0.2, 0.25) is 0 Å². The summed E-state index contributed by atoms with van der Waals surface area (Å²) in [4.78, 5) is 12.9. The molecule has 3 rings (SSSR count). The quantitative estimate of drug-likeness (QED) is 0.823.